The Morgan fingerprint density at radius 1 is 0.973 bits per heavy atom. The van der Waals surface area contributed by atoms with Crippen molar-refractivity contribution in [2.24, 2.45) is 0 Å². The number of urea groups is 1. The van der Waals surface area contributed by atoms with Gasteiger partial charge in [-0.3, -0.25) is 4.90 Å². The van der Waals surface area contributed by atoms with Gasteiger partial charge in [0, 0.05) is 37.0 Å². The van der Waals surface area contributed by atoms with Crippen LogP contribution in [0.25, 0.3) is 0 Å². The SMILES string of the molecule is CCCCCOc1cc(N2CCCN(Cc3ccc(CCn4cnnn4)cc3OC)C2=O)ccc1OC. The molecule has 1 saturated heterocycles. The van der Waals surface area contributed by atoms with Crippen LogP contribution in [0.3, 0.4) is 0 Å². The molecule has 10 heteroatoms. The Balaban J connectivity index is 1.44. The first kappa shape index (κ1) is 26.2. The number of anilines is 1. The Hall–Kier alpha value is -3.82. The molecule has 1 aliphatic rings. The normalized spacial score (nSPS) is 13.6. The summed E-state index contributed by atoms with van der Waals surface area (Å²) in [4.78, 5) is 17.2. The number of carbonyl (C=O) groups excluding carboxylic acids is 1. The number of methoxy groups -OCH3 is 2. The van der Waals surface area contributed by atoms with Gasteiger partial charge in [0.05, 0.1) is 27.4 Å². The molecule has 1 aromatic heterocycles. The fourth-order valence-electron chi connectivity index (χ4n) is 4.46. The van der Waals surface area contributed by atoms with Gasteiger partial charge >= 0.3 is 6.03 Å². The number of hydrogen-bond acceptors (Lipinski definition) is 7. The van der Waals surface area contributed by atoms with Crippen molar-refractivity contribution in [1.82, 2.24) is 25.1 Å². The van der Waals surface area contributed by atoms with Gasteiger partial charge in [0.15, 0.2) is 11.5 Å². The molecule has 0 unspecified atom stereocenters. The summed E-state index contributed by atoms with van der Waals surface area (Å²) in [6, 6.07) is 11.8. The van der Waals surface area contributed by atoms with Gasteiger partial charge < -0.3 is 19.1 Å². The lowest BCUT2D eigenvalue weighted by Gasteiger charge is -2.36. The minimum absolute atomic E-state index is 0.0295. The molecular weight excluding hydrogens is 472 g/mol. The fraction of sp³-hybridized carbons (Fsp3) is 0.481. The quantitative estimate of drug-likeness (QED) is 0.317. The van der Waals surface area contributed by atoms with E-state index in [0.717, 1.165) is 54.7 Å². The second-order valence-electron chi connectivity index (χ2n) is 9.07. The largest absolute Gasteiger partial charge is 0.496 e. The van der Waals surface area contributed by atoms with Gasteiger partial charge in [-0.2, -0.15) is 0 Å². The van der Waals surface area contributed by atoms with Crippen LogP contribution in [0.2, 0.25) is 0 Å². The van der Waals surface area contributed by atoms with Gasteiger partial charge in [-0.25, -0.2) is 9.48 Å². The van der Waals surface area contributed by atoms with Crippen molar-refractivity contribution in [2.75, 3.05) is 38.8 Å². The number of hydrogen-bond donors (Lipinski definition) is 0. The van der Waals surface area contributed by atoms with Gasteiger partial charge in [-0.15, -0.1) is 5.10 Å². The molecule has 198 valence electrons. The minimum atomic E-state index is -0.0295. The van der Waals surface area contributed by atoms with E-state index < -0.39 is 0 Å². The van der Waals surface area contributed by atoms with Crippen LogP contribution in [0, 0.1) is 0 Å². The smallest absolute Gasteiger partial charge is 0.324 e. The summed E-state index contributed by atoms with van der Waals surface area (Å²) in [6.45, 7) is 5.29. The molecule has 0 N–H and O–H groups in total. The van der Waals surface area contributed by atoms with E-state index in [1.807, 2.05) is 40.1 Å². The zero-order valence-electron chi connectivity index (χ0n) is 21.9. The van der Waals surface area contributed by atoms with E-state index in [-0.39, 0.29) is 6.03 Å². The van der Waals surface area contributed by atoms with Crippen LogP contribution < -0.4 is 19.1 Å². The van der Waals surface area contributed by atoms with Crippen molar-refractivity contribution in [1.29, 1.82) is 0 Å². The predicted octanol–water partition coefficient (Wildman–Crippen LogP) is 4.33. The molecular formula is C27H36N6O4. The van der Waals surface area contributed by atoms with Crippen molar-refractivity contribution in [3.63, 3.8) is 0 Å². The van der Waals surface area contributed by atoms with E-state index >= 15 is 0 Å². The average Bonchev–Trinajstić information content (AvgIpc) is 3.45. The Morgan fingerprint density at radius 3 is 2.59 bits per heavy atom. The summed E-state index contributed by atoms with van der Waals surface area (Å²) in [7, 11) is 3.29. The van der Waals surface area contributed by atoms with E-state index in [2.05, 4.69) is 28.5 Å². The predicted molar refractivity (Wildman–Crippen MR) is 140 cm³/mol. The van der Waals surface area contributed by atoms with Gasteiger partial charge in [0.1, 0.15) is 12.1 Å². The highest BCUT2D eigenvalue weighted by molar-refractivity contribution is 5.93. The molecule has 2 heterocycles. The number of amides is 2. The topological polar surface area (TPSA) is 94.8 Å². The number of aromatic nitrogens is 4. The Labute approximate surface area is 218 Å². The number of rotatable bonds is 13. The van der Waals surface area contributed by atoms with Crippen molar-refractivity contribution in [3.05, 3.63) is 53.9 Å². The van der Waals surface area contributed by atoms with Crippen molar-refractivity contribution in [2.45, 2.75) is 52.1 Å². The van der Waals surface area contributed by atoms with Crippen molar-refractivity contribution >= 4 is 11.7 Å². The zero-order chi connectivity index (χ0) is 26.0. The number of ether oxygens (including phenoxy) is 3. The first-order chi connectivity index (χ1) is 18.1. The number of aryl methyl sites for hydroxylation is 2. The Kier molecular flexibility index (Phi) is 9.18. The maximum atomic E-state index is 13.5. The Morgan fingerprint density at radius 2 is 1.84 bits per heavy atom. The van der Waals surface area contributed by atoms with Crippen LogP contribution in [0.1, 0.15) is 43.7 Å². The molecule has 1 aliphatic heterocycles. The standard InChI is InChI=1S/C27H36N6O4/c1-4-5-6-16-37-26-18-23(10-11-24(26)35-2)33-14-7-13-31(27(33)34)19-22-9-8-21(17-25(22)36-3)12-15-32-20-28-29-30-32/h8-11,17-18,20H,4-7,12-16,19H2,1-3H3. The van der Waals surface area contributed by atoms with Crippen LogP contribution in [0.5, 0.6) is 17.2 Å². The van der Waals surface area contributed by atoms with E-state index in [9.17, 15) is 4.79 Å². The van der Waals surface area contributed by atoms with Crippen molar-refractivity contribution < 1.29 is 19.0 Å². The highest BCUT2D eigenvalue weighted by Gasteiger charge is 2.28. The molecule has 0 bridgehead atoms. The van der Waals surface area contributed by atoms with E-state index in [0.29, 0.717) is 44.3 Å². The summed E-state index contributed by atoms with van der Waals surface area (Å²) in [5.74, 6) is 2.11. The van der Waals surface area contributed by atoms with E-state index in [1.54, 1.807) is 25.2 Å². The molecule has 0 saturated carbocycles. The van der Waals surface area contributed by atoms with Crippen LogP contribution in [-0.4, -0.2) is 65.1 Å². The number of tetrazole rings is 1. The average molecular weight is 509 g/mol. The van der Waals surface area contributed by atoms with Gasteiger partial charge in [0.2, 0.25) is 0 Å². The molecule has 2 amide bonds. The van der Waals surface area contributed by atoms with Crippen LogP contribution in [-0.2, 0) is 19.5 Å². The monoisotopic (exact) mass is 508 g/mol. The maximum absolute atomic E-state index is 13.5. The number of benzene rings is 2. The van der Waals surface area contributed by atoms with Gasteiger partial charge in [0.25, 0.3) is 0 Å². The molecule has 0 radical (unpaired) electrons. The minimum Gasteiger partial charge on any atom is -0.496 e. The lowest BCUT2D eigenvalue weighted by molar-refractivity contribution is 0.191. The summed E-state index contributed by atoms with van der Waals surface area (Å²) >= 11 is 0. The first-order valence-corrected chi connectivity index (χ1v) is 12.9. The summed E-state index contributed by atoms with van der Waals surface area (Å²) in [5, 5.41) is 11.2. The van der Waals surface area contributed by atoms with Crippen LogP contribution >= 0.6 is 0 Å². The molecule has 0 spiro atoms. The number of unbranched alkanes of at least 4 members (excludes halogenated alkanes) is 2. The second kappa shape index (κ2) is 12.9. The molecule has 1 fully saturated rings. The second-order valence-corrected chi connectivity index (χ2v) is 9.07. The summed E-state index contributed by atoms with van der Waals surface area (Å²) in [6.07, 6.45) is 6.48. The highest BCUT2D eigenvalue weighted by atomic mass is 16.5. The van der Waals surface area contributed by atoms with Gasteiger partial charge in [-0.1, -0.05) is 31.9 Å². The third kappa shape index (κ3) is 6.69. The molecule has 3 aromatic rings. The lowest BCUT2D eigenvalue weighted by atomic mass is 10.1. The third-order valence-electron chi connectivity index (χ3n) is 6.51. The fourth-order valence-corrected chi connectivity index (χ4v) is 4.46. The molecule has 0 aliphatic carbocycles. The Bertz CT molecular complexity index is 1150. The molecule has 10 nitrogen and oxygen atoms in total. The van der Waals surface area contributed by atoms with Gasteiger partial charge in [-0.05, 0) is 53.5 Å². The molecule has 4 rings (SSSR count). The van der Waals surface area contributed by atoms with Crippen molar-refractivity contribution in [3.8, 4) is 17.2 Å². The highest BCUT2D eigenvalue weighted by Crippen LogP contribution is 2.34. The molecule has 2 aromatic carbocycles. The van der Waals surface area contributed by atoms with Crippen LogP contribution in [0.4, 0.5) is 10.5 Å². The summed E-state index contributed by atoms with van der Waals surface area (Å²) < 4.78 is 18.9. The number of nitrogens with zero attached hydrogens (tertiary/aromatic N) is 6. The van der Waals surface area contributed by atoms with E-state index in [4.69, 9.17) is 14.2 Å². The number of carbonyl (C=O) groups is 1. The first-order valence-electron chi connectivity index (χ1n) is 12.9. The molecule has 37 heavy (non-hydrogen) atoms. The maximum Gasteiger partial charge on any atom is 0.324 e. The summed E-state index contributed by atoms with van der Waals surface area (Å²) in [5.41, 5.74) is 2.90. The molecule has 0 atom stereocenters. The third-order valence-corrected chi connectivity index (χ3v) is 6.51. The van der Waals surface area contributed by atoms with Crippen LogP contribution in [0.15, 0.2) is 42.7 Å². The lowest BCUT2D eigenvalue weighted by Crippen LogP contribution is -2.49. The zero-order valence-corrected chi connectivity index (χ0v) is 21.9. The van der Waals surface area contributed by atoms with E-state index in [1.165, 1.54) is 0 Å².